The molecule has 0 bridgehead atoms. The Morgan fingerprint density at radius 3 is 2.42 bits per heavy atom. The van der Waals surface area contributed by atoms with E-state index in [4.69, 9.17) is 4.74 Å². The molecule has 2 N–H and O–H groups in total. The highest BCUT2D eigenvalue weighted by Crippen LogP contribution is 2.27. The van der Waals surface area contributed by atoms with Crippen LogP contribution in [0.2, 0.25) is 0 Å². The van der Waals surface area contributed by atoms with Gasteiger partial charge in [0.1, 0.15) is 11.4 Å². The zero-order valence-corrected chi connectivity index (χ0v) is 23.1. The average molecular weight is 558 g/mol. The molecule has 2 heterocycles. The number of imide groups is 1. The highest BCUT2D eigenvalue weighted by atomic mass is 19.1. The van der Waals surface area contributed by atoms with E-state index >= 15 is 4.39 Å². The molecule has 12 heteroatoms. The summed E-state index contributed by atoms with van der Waals surface area (Å²) in [6.45, 7) is 6.80. The average Bonchev–Trinajstić information content (AvgIpc) is 2.93. The number of rotatable bonds is 6. The van der Waals surface area contributed by atoms with Crippen LogP contribution in [0.25, 0.3) is 10.9 Å². The number of amides is 4. The Hall–Kier alpha value is -3.96. The molecule has 0 unspecified atom stereocenters. The summed E-state index contributed by atoms with van der Waals surface area (Å²) in [7, 11) is 0. The first-order chi connectivity index (χ1) is 19.1. The molecule has 0 spiro atoms. The number of hydrogen-bond donors (Lipinski definition) is 2. The molecule has 2 aliphatic rings. The SMILES string of the molecule is CCn1cc(C(=O)OCC(=O)NC(=O)N[C@@H]2CCCC[C@H]2C)c(=O)c2cc(F)c(N3CCN(C(C)=O)CC3)cc21. The summed E-state index contributed by atoms with van der Waals surface area (Å²) in [4.78, 5) is 65.5. The van der Waals surface area contributed by atoms with Gasteiger partial charge in [-0.2, -0.15) is 0 Å². The van der Waals surface area contributed by atoms with Gasteiger partial charge in [0.25, 0.3) is 5.91 Å². The maximum Gasteiger partial charge on any atom is 0.344 e. The van der Waals surface area contributed by atoms with Gasteiger partial charge in [0.15, 0.2) is 6.61 Å². The molecule has 2 atom stereocenters. The Bertz CT molecular complexity index is 1370. The van der Waals surface area contributed by atoms with E-state index in [0.717, 1.165) is 31.7 Å². The fraction of sp³-hybridized carbons (Fsp3) is 0.536. The van der Waals surface area contributed by atoms with Crippen molar-refractivity contribution in [2.75, 3.05) is 37.7 Å². The number of anilines is 1. The van der Waals surface area contributed by atoms with Gasteiger partial charge in [-0.1, -0.05) is 19.8 Å². The first-order valence-electron chi connectivity index (χ1n) is 13.7. The number of fused-ring (bicyclic) bond motifs is 1. The third-order valence-electron chi connectivity index (χ3n) is 7.79. The van der Waals surface area contributed by atoms with E-state index in [1.807, 2.05) is 18.7 Å². The first-order valence-corrected chi connectivity index (χ1v) is 13.7. The van der Waals surface area contributed by atoms with Gasteiger partial charge < -0.3 is 24.4 Å². The predicted octanol–water partition coefficient (Wildman–Crippen LogP) is 2.39. The lowest BCUT2D eigenvalue weighted by molar-refractivity contribution is -0.129. The Morgan fingerprint density at radius 2 is 1.77 bits per heavy atom. The molecule has 40 heavy (non-hydrogen) atoms. The van der Waals surface area contributed by atoms with Crippen molar-refractivity contribution in [1.29, 1.82) is 0 Å². The highest BCUT2D eigenvalue weighted by molar-refractivity contribution is 5.98. The van der Waals surface area contributed by atoms with Crippen LogP contribution in [-0.2, 0) is 20.9 Å². The quantitative estimate of drug-likeness (QED) is 0.522. The lowest BCUT2D eigenvalue weighted by Gasteiger charge is -2.36. The molecule has 1 aromatic carbocycles. The summed E-state index contributed by atoms with van der Waals surface area (Å²) in [5, 5.41) is 4.94. The molecule has 4 rings (SSSR count). The molecular formula is C28H36FN5O6. The molecule has 4 amide bonds. The van der Waals surface area contributed by atoms with Crippen molar-refractivity contribution in [3.05, 3.63) is 39.9 Å². The second-order valence-corrected chi connectivity index (χ2v) is 10.4. The summed E-state index contributed by atoms with van der Waals surface area (Å²) in [5.74, 6) is -2.22. The van der Waals surface area contributed by atoms with Crippen molar-refractivity contribution >= 4 is 40.4 Å². The van der Waals surface area contributed by atoms with Gasteiger partial charge in [0.05, 0.1) is 11.2 Å². The number of benzene rings is 1. The summed E-state index contributed by atoms with van der Waals surface area (Å²) < 4.78 is 21.9. The van der Waals surface area contributed by atoms with E-state index in [0.29, 0.717) is 49.8 Å². The van der Waals surface area contributed by atoms with E-state index in [1.165, 1.54) is 13.1 Å². The zero-order valence-electron chi connectivity index (χ0n) is 23.1. The minimum Gasteiger partial charge on any atom is -0.452 e. The number of aromatic nitrogens is 1. The Kier molecular flexibility index (Phi) is 9.06. The van der Waals surface area contributed by atoms with Crippen LogP contribution >= 0.6 is 0 Å². The topological polar surface area (TPSA) is 130 Å². The van der Waals surface area contributed by atoms with E-state index in [9.17, 15) is 24.0 Å². The van der Waals surface area contributed by atoms with Crippen LogP contribution in [-0.4, -0.2) is 72.1 Å². The first kappa shape index (κ1) is 29.0. The van der Waals surface area contributed by atoms with Crippen LogP contribution in [0.4, 0.5) is 14.9 Å². The summed E-state index contributed by atoms with van der Waals surface area (Å²) in [5.41, 5.74) is -0.308. The molecule has 2 fully saturated rings. The molecule has 1 aliphatic carbocycles. The van der Waals surface area contributed by atoms with Crippen LogP contribution in [0.1, 0.15) is 56.8 Å². The predicted molar refractivity (Wildman–Crippen MR) is 147 cm³/mol. The monoisotopic (exact) mass is 557 g/mol. The number of nitrogens with one attached hydrogen (secondary N) is 2. The van der Waals surface area contributed by atoms with E-state index in [2.05, 4.69) is 10.6 Å². The normalized spacial score (nSPS) is 19.3. The molecule has 0 radical (unpaired) electrons. The standard InChI is InChI=1S/C28H36FN5O6/c1-4-32-15-20(27(38)40-16-25(36)31-28(39)30-22-8-6-5-7-17(22)2)26(37)19-13-21(29)24(14-23(19)32)34-11-9-33(10-12-34)18(3)35/h13-15,17,22H,4-12,16H2,1-3H3,(H2,30,31,36,39)/t17-,22-/m1/s1. The molecule has 216 valence electrons. The molecule has 1 saturated carbocycles. The maximum atomic E-state index is 15.2. The molecule has 1 aromatic heterocycles. The fourth-order valence-electron chi connectivity index (χ4n) is 5.42. The largest absolute Gasteiger partial charge is 0.452 e. The number of piperazine rings is 1. The minimum absolute atomic E-state index is 0.00496. The molecular weight excluding hydrogens is 521 g/mol. The summed E-state index contributed by atoms with van der Waals surface area (Å²) in [6.07, 6.45) is 5.28. The molecule has 1 saturated heterocycles. The Balaban J connectivity index is 1.45. The van der Waals surface area contributed by atoms with Crippen molar-refractivity contribution < 1.29 is 28.3 Å². The van der Waals surface area contributed by atoms with Crippen LogP contribution < -0.4 is 21.0 Å². The molecule has 11 nitrogen and oxygen atoms in total. The van der Waals surface area contributed by atoms with E-state index in [-0.39, 0.29) is 22.9 Å². The second kappa shape index (κ2) is 12.5. The second-order valence-electron chi connectivity index (χ2n) is 10.4. The third-order valence-corrected chi connectivity index (χ3v) is 7.79. The number of pyridine rings is 1. The smallest absolute Gasteiger partial charge is 0.344 e. The van der Waals surface area contributed by atoms with E-state index in [1.54, 1.807) is 15.5 Å². The van der Waals surface area contributed by atoms with Crippen LogP contribution in [0, 0.1) is 11.7 Å². The van der Waals surface area contributed by atoms with Crippen molar-refractivity contribution in [2.24, 2.45) is 5.92 Å². The van der Waals surface area contributed by atoms with Gasteiger partial charge in [-0.3, -0.25) is 19.7 Å². The number of hydrogen-bond acceptors (Lipinski definition) is 7. The number of nitrogens with zero attached hydrogens (tertiary/aromatic N) is 3. The van der Waals surface area contributed by atoms with Gasteiger partial charge in [0.2, 0.25) is 11.3 Å². The number of carbonyl (C=O) groups excluding carboxylic acids is 4. The number of esters is 1. The van der Waals surface area contributed by atoms with Crippen LogP contribution in [0.15, 0.2) is 23.1 Å². The van der Waals surface area contributed by atoms with Gasteiger partial charge in [-0.05, 0) is 37.8 Å². The van der Waals surface area contributed by atoms with Crippen LogP contribution in [0.3, 0.4) is 0 Å². The van der Waals surface area contributed by atoms with Gasteiger partial charge in [-0.15, -0.1) is 0 Å². The summed E-state index contributed by atoms with van der Waals surface area (Å²) >= 11 is 0. The zero-order chi connectivity index (χ0) is 29.0. The Morgan fingerprint density at radius 1 is 1.07 bits per heavy atom. The minimum atomic E-state index is -1.05. The Labute approximate surface area is 231 Å². The van der Waals surface area contributed by atoms with Crippen molar-refractivity contribution in [1.82, 2.24) is 20.1 Å². The van der Waals surface area contributed by atoms with Gasteiger partial charge in [-0.25, -0.2) is 14.0 Å². The molecule has 1 aliphatic heterocycles. The van der Waals surface area contributed by atoms with Gasteiger partial charge >= 0.3 is 12.0 Å². The number of halogens is 1. The lowest BCUT2D eigenvalue weighted by Crippen LogP contribution is -2.48. The van der Waals surface area contributed by atoms with E-state index < -0.39 is 35.8 Å². The van der Waals surface area contributed by atoms with Crippen molar-refractivity contribution in [2.45, 2.75) is 59.0 Å². The number of ether oxygens (including phenoxy) is 1. The molecule has 2 aromatic rings. The summed E-state index contributed by atoms with van der Waals surface area (Å²) in [6, 6.07) is 2.00. The fourth-order valence-corrected chi connectivity index (χ4v) is 5.42. The lowest BCUT2D eigenvalue weighted by atomic mass is 9.86. The van der Waals surface area contributed by atoms with Crippen molar-refractivity contribution in [3.8, 4) is 0 Å². The van der Waals surface area contributed by atoms with Gasteiger partial charge in [0, 0.05) is 57.3 Å². The van der Waals surface area contributed by atoms with Crippen LogP contribution in [0.5, 0.6) is 0 Å². The number of urea groups is 1. The highest BCUT2D eigenvalue weighted by Gasteiger charge is 2.25. The third kappa shape index (κ3) is 6.43. The maximum absolute atomic E-state index is 15.2. The number of aryl methyl sites for hydroxylation is 1. The number of carbonyl (C=O) groups is 4. The van der Waals surface area contributed by atoms with Crippen molar-refractivity contribution in [3.63, 3.8) is 0 Å².